The number of piperidine rings is 2. The summed E-state index contributed by atoms with van der Waals surface area (Å²) < 4.78 is 91.9. The summed E-state index contributed by atoms with van der Waals surface area (Å²) in [7, 11) is -8.25. The number of aromatic nitrogens is 2. The van der Waals surface area contributed by atoms with Gasteiger partial charge in [-0.2, -0.15) is 0 Å². The monoisotopic (exact) mass is 1250 g/mol. The minimum Gasteiger partial charge on any atom is -0.370 e. The molecule has 6 aromatic carbocycles. The molecule has 0 spiro atoms. The Labute approximate surface area is 479 Å². The number of nitrogens with one attached hydrogen (secondary N) is 5. The predicted molar refractivity (Wildman–Crippen MR) is 323 cm³/mol. The number of anilines is 2. The number of aryl methyl sites for hydroxylation is 2. The van der Waals surface area contributed by atoms with Crippen LogP contribution in [0.5, 0.6) is 0 Å². The lowest BCUT2D eigenvalue weighted by molar-refractivity contribution is 0.220. The van der Waals surface area contributed by atoms with E-state index >= 15 is 0 Å². The first-order valence-electron chi connectivity index (χ1n) is 26.3. The Morgan fingerprint density at radius 3 is 1.57 bits per heavy atom. The smallest absolute Gasteiger partial charge is 0.263 e. The Hall–Kier alpha value is -6.05. The summed E-state index contributed by atoms with van der Waals surface area (Å²) in [5.41, 5.74) is 21.6. The van der Waals surface area contributed by atoms with Crippen molar-refractivity contribution in [2.45, 2.75) is 80.5 Å². The van der Waals surface area contributed by atoms with Crippen LogP contribution in [0.2, 0.25) is 0 Å². The van der Waals surface area contributed by atoms with Gasteiger partial charge in [0, 0.05) is 76.7 Å². The second-order valence-electron chi connectivity index (χ2n) is 20.5. The van der Waals surface area contributed by atoms with E-state index in [2.05, 4.69) is 46.0 Å². The minimum atomic E-state index is -4.14. The average Bonchev–Trinajstić information content (AvgIpc) is 3.88. The normalized spacial score (nSPS) is 17.2. The van der Waals surface area contributed by atoms with Gasteiger partial charge in [-0.3, -0.25) is 24.4 Å². The lowest BCUT2D eigenvalue weighted by atomic mass is 9.98. The first kappa shape index (κ1) is 56.2. The van der Waals surface area contributed by atoms with E-state index in [1.54, 1.807) is 36.4 Å². The second kappa shape index (κ2) is 24.0. The highest BCUT2D eigenvalue weighted by Gasteiger charge is 2.30. The zero-order valence-electron chi connectivity index (χ0n) is 43.3. The van der Waals surface area contributed by atoms with Gasteiger partial charge in [0.1, 0.15) is 17.9 Å². The van der Waals surface area contributed by atoms with Crippen LogP contribution in [0.15, 0.2) is 140 Å². The Balaban J connectivity index is 0.873. The molecular weight excluding hydrogens is 1190 g/mol. The molecule has 2 fully saturated rings. The van der Waals surface area contributed by atoms with E-state index < -0.39 is 37.5 Å². The van der Waals surface area contributed by atoms with Gasteiger partial charge in [-0.15, -0.1) is 0 Å². The Morgan fingerprint density at radius 2 is 1.10 bits per heavy atom. The molecule has 0 bridgehead atoms. The van der Waals surface area contributed by atoms with Crippen LogP contribution in [0, 0.1) is 22.7 Å². The molecule has 11 N–H and O–H groups in total. The van der Waals surface area contributed by atoms with Gasteiger partial charge in [0.2, 0.25) is 11.3 Å². The van der Waals surface area contributed by atoms with Crippen LogP contribution in [0.4, 0.5) is 11.6 Å². The molecule has 23 heteroatoms. The van der Waals surface area contributed by atoms with Gasteiger partial charge < -0.3 is 36.1 Å². The highest BCUT2D eigenvalue weighted by molar-refractivity contribution is 9.10. The molecule has 2 aliphatic heterocycles. The molecule has 0 aliphatic carbocycles. The number of guanidine groups is 2. The van der Waals surface area contributed by atoms with E-state index in [4.69, 9.17) is 32.2 Å². The number of benzene rings is 6. The molecule has 416 valence electrons. The molecule has 2 aliphatic rings. The van der Waals surface area contributed by atoms with Crippen molar-refractivity contribution in [3.63, 3.8) is 0 Å². The fourth-order valence-corrected chi connectivity index (χ4v) is 14.9. The van der Waals surface area contributed by atoms with Gasteiger partial charge in [0.25, 0.3) is 20.0 Å². The first-order chi connectivity index (χ1) is 37.9. The number of fused-ring (bicyclic) bond motifs is 4. The zero-order valence-corrected chi connectivity index (χ0v) is 49.0. The fraction of sp³-hybridized carbons (Fsp3) is 0.321. The lowest BCUT2D eigenvalue weighted by Crippen LogP contribution is -2.44. The van der Waals surface area contributed by atoms with Gasteiger partial charge in [-0.05, 0) is 145 Å². The van der Waals surface area contributed by atoms with Crippen molar-refractivity contribution in [2.24, 2.45) is 29.0 Å². The number of nitrogens with two attached hydrogens (primary N) is 3. The summed E-state index contributed by atoms with van der Waals surface area (Å²) in [6.07, 6.45) is 3.63. The molecule has 2 unspecified atom stereocenters. The van der Waals surface area contributed by atoms with Crippen LogP contribution in [0.1, 0.15) is 49.7 Å². The van der Waals surface area contributed by atoms with Crippen LogP contribution < -0.4 is 31.4 Å². The van der Waals surface area contributed by atoms with Crippen molar-refractivity contribution >= 4 is 130 Å². The maximum Gasteiger partial charge on any atom is 0.263 e. The topological polar surface area (TPSA) is 273 Å². The summed E-state index contributed by atoms with van der Waals surface area (Å²) in [5.74, 6) is 0.970. The third-order valence-electron chi connectivity index (χ3n) is 15.1. The van der Waals surface area contributed by atoms with E-state index in [1.165, 1.54) is 0 Å². The van der Waals surface area contributed by atoms with Gasteiger partial charge >= 0.3 is 0 Å². The zero-order chi connectivity index (χ0) is 55.6. The van der Waals surface area contributed by atoms with Crippen molar-refractivity contribution in [1.29, 1.82) is 10.8 Å². The van der Waals surface area contributed by atoms with Crippen LogP contribution in [-0.4, -0.2) is 90.8 Å². The number of halogens is 2. The summed E-state index contributed by atoms with van der Waals surface area (Å²) in [6.45, 7) is 3.62. The first-order valence-corrected chi connectivity index (χ1v) is 31.9. The highest BCUT2D eigenvalue weighted by Crippen LogP contribution is 2.39. The predicted octanol–water partition coefficient (Wildman–Crippen LogP) is 9.28. The van der Waals surface area contributed by atoms with Crippen molar-refractivity contribution in [2.75, 3.05) is 42.2 Å². The highest BCUT2D eigenvalue weighted by atomic mass is 79.9. The molecule has 0 amide bonds. The maximum atomic E-state index is 14.5. The van der Waals surface area contributed by atoms with Crippen LogP contribution in [-0.2, 0) is 61.4 Å². The number of sulfonamides is 2. The Kier molecular flexibility index (Phi) is 17.1. The summed E-state index contributed by atoms with van der Waals surface area (Å²) in [5, 5.41) is 21.3. The van der Waals surface area contributed by atoms with Gasteiger partial charge in [-0.25, -0.2) is 25.8 Å². The molecule has 10 rings (SSSR count). The van der Waals surface area contributed by atoms with E-state index in [-0.39, 0.29) is 52.9 Å². The standard InChI is InChI=1S/C56H64Br2N12O6S3/c57-42-17-22-50-48(30-42)46(53(69(50)34-36-8-6-26-67(32-36)55(60)61)65-78(72,73)44-19-15-38-10-1-3-12-40(38)28-44)14-5-25-64-77(71)76-52(59)24-21-47-49-31-43(58)18-23-51(49)70(35-37-9-7-27-68(33-37)56(62)63)54(47)66-79(74,75)45-20-16-39-11-2-4-13-41(39)29-45/h1-4,10-13,15-20,22-23,28-31,36-37,52,64-66H,5-9,14,21,24-27,32-35,59H2,(H3,60,61)(H3,62,63)/t36-,37-,52?,77?/m0/s1. The number of rotatable bonds is 20. The molecule has 0 saturated carbocycles. The molecule has 8 aromatic rings. The van der Waals surface area contributed by atoms with Crippen molar-refractivity contribution in [3.8, 4) is 0 Å². The molecule has 4 heterocycles. The van der Waals surface area contributed by atoms with E-state index in [1.807, 2.05) is 104 Å². The molecule has 2 aromatic heterocycles. The van der Waals surface area contributed by atoms with Crippen LogP contribution in [0.3, 0.4) is 0 Å². The van der Waals surface area contributed by atoms with E-state index in [0.717, 1.165) is 83.5 Å². The van der Waals surface area contributed by atoms with Crippen LogP contribution >= 0.6 is 31.9 Å². The Morgan fingerprint density at radius 1 is 0.646 bits per heavy atom. The summed E-state index contributed by atoms with van der Waals surface area (Å²) in [4.78, 5) is 3.93. The number of hydrogen-bond acceptors (Lipinski definition) is 9. The summed E-state index contributed by atoms with van der Waals surface area (Å²) in [6, 6.07) is 37.0. The SMILES string of the molecule is N=C(N)N1CCC[C@H](Cn2c(NS(=O)(=O)c3ccc4ccccc4c3)c(CCCNS(=O)OC(N)CCc3c(NS(=O)(=O)c4ccc5ccccc5c4)n(C[C@H]4CCCN(C(=N)N)C4)c4ccc(Br)cc34)c3cc(Br)ccc32)C1. The molecule has 2 saturated heterocycles. The average molecular weight is 1260 g/mol. The molecule has 79 heavy (non-hydrogen) atoms. The third kappa shape index (κ3) is 12.8. The van der Waals surface area contributed by atoms with Crippen LogP contribution in [0.25, 0.3) is 43.4 Å². The van der Waals surface area contributed by atoms with Crippen molar-refractivity contribution in [3.05, 3.63) is 141 Å². The Bertz CT molecular complexity index is 3870. The lowest BCUT2D eigenvalue weighted by Gasteiger charge is -2.33. The summed E-state index contributed by atoms with van der Waals surface area (Å²) >= 11 is 5.25. The van der Waals surface area contributed by atoms with Crippen molar-refractivity contribution in [1.82, 2.24) is 23.7 Å². The third-order valence-corrected chi connectivity index (χ3v) is 19.6. The molecule has 4 atom stereocenters. The largest absolute Gasteiger partial charge is 0.370 e. The molecule has 18 nitrogen and oxygen atoms in total. The quantitative estimate of drug-likeness (QED) is 0.0154. The minimum absolute atomic E-state index is 0.00391. The van der Waals surface area contributed by atoms with Gasteiger partial charge in [0.15, 0.2) is 11.9 Å². The van der Waals surface area contributed by atoms with E-state index in [9.17, 15) is 21.0 Å². The fourth-order valence-electron chi connectivity index (χ4n) is 11.2. The van der Waals surface area contributed by atoms with Gasteiger partial charge in [-0.1, -0.05) is 92.5 Å². The number of hydrogen-bond donors (Lipinski definition) is 8. The number of nitrogens with zero attached hydrogens (tertiary/aromatic N) is 4. The van der Waals surface area contributed by atoms with Crippen molar-refractivity contribution < 1.29 is 25.2 Å². The van der Waals surface area contributed by atoms with Gasteiger partial charge in [0.05, 0.1) is 20.8 Å². The second-order valence-corrected chi connectivity index (χ2v) is 26.7. The number of likely N-dealkylation sites (tertiary alicyclic amines) is 2. The molecular formula is C56H64Br2N12O6S3. The van der Waals surface area contributed by atoms with E-state index in [0.29, 0.717) is 69.3 Å². The molecule has 0 radical (unpaired) electrons. The maximum absolute atomic E-state index is 14.5.